The summed E-state index contributed by atoms with van der Waals surface area (Å²) in [5.41, 5.74) is 5.48. The third-order valence-corrected chi connectivity index (χ3v) is 15.3. The number of ether oxygens (including phenoxy) is 1. The van der Waals surface area contributed by atoms with Gasteiger partial charge in [0.25, 0.3) is 0 Å². The second-order valence-electron chi connectivity index (χ2n) is 21.6. The first-order valence-electron chi connectivity index (χ1n) is 34.3. The maximum atomic E-state index is 9.77. The molecule has 0 bridgehead atoms. The fourth-order valence-electron chi connectivity index (χ4n) is 10.8. The molecule has 2 aliphatic heterocycles. The Kier molecular flexibility index (Phi) is 8.58. The van der Waals surface area contributed by atoms with E-state index in [1.807, 2.05) is 106 Å². The molecular weight excluding hydrogens is 1140 g/mol. The molecule has 0 amide bonds. The first kappa shape index (κ1) is 34.6. The summed E-state index contributed by atoms with van der Waals surface area (Å²) in [6.45, 7) is 4.79. The van der Waals surface area contributed by atoms with Gasteiger partial charge in [-0.05, 0) is 11.6 Å². The number of hydrogen-bond acceptors (Lipinski definition) is 4. The first-order valence-corrected chi connectivity index (χ1v) is 27.0. The van der Waals surface area contributed by atoms with E-state index >= 15 is 0 Å². The third-order valence-electron chi connectivity index (χ3n) is 14.2. The van der Waals surface area contributed by atoms with Crippen LogP contribution < -0.4 is 19.8 Å². The summed E-state index contributed by atoms with van der Waals surface area (Å²) in [5.74, 6) is -0.657. The van der Waals surface area contributed by atoms with Gasteiger partial charge in [0, 0.05) is 11.3 Å². The predicted octanol–water partition coefficient (Wildman–Crippen LogP) is 17.5. The Hall–Kier alpha value is -8.25. The van der Waals surface area contributed by atoms with Gasteiger partial charge in [0.2, 0.25) is 0 Å². The fraction of sp³-hybridized carbons (Fsp3) is 0.155. The van der Waals surface area contributed by atoms with Gasteiger partial charge >= 0.3 is 417 Å². The van der Waals surface area contributed by atoms with Crippen LogP contribution >= 0.6 is 0 Å². The van der Waals surface area contributed by atoms with Crippen molar-refractivity contribution in [2.75, 3.05) is 9.62 Å². The van der Waals surface area contributed by atoms with Crippen molar-refractivity contribution in [3.05, 3.63) is 244 Å². The zero-order valence-corrected chi connectivity index (χ0v) is 46.2. The summed E-state index contributed by atoms with van der Waals surface area (Å²) < 4.78 is 166. The van der Waals surface area contributed by atoms with Gasteiger partial charge in [0.05, 0.1) is 1.37 Å². The van der Waals surface area contributed by atoms with Crippen LogP contribution in [0.15, 0.2) is 206 Å². The van der Waals surface area contributed by atoms with E-state index in [0.717, 1.165) is 33.5 Å². The van der Waals surface area contributed by atoms with Crippen LogP contribution in [0.4, 0.5) is 22.9 Å². The summed E-state index contributed by atoms with van der Waals surface area (Å²) in [7, 11) is 0. The van der Waals surface area contributed by atoms with Crippen LogP contribution in [0.2, 0.25) is 0 Å². The quantitative estimate of drug-likeness (QED) is 0.107. The number of rotatable bonds is 9. The monoisotopic (exact) mass is 1220 g/mol. The van der Waals surface area contributed by atoms with Gasteiger partial charge < -0.3 is 0 Å². The van der Waals surface area contributed by atoms with Crippen LogP contribution in [-0.2, 0) is 31.1 Å². The molecule has 8 heteroatoms. The molecule has 0 fully saturated rings. The van der Waals surface area contributed by atoms with Crippen molar-refractivity contribution >= 4 is 46.4 Å². The Bertz CT molecular complexity index is 5120. The maximum absolute atomic E-state index is 9.77. The van der Waals surface area contributed by atoms with Crippen molar-refractivity contribution < 1.29 is 47.4 Å². The van der Waals surface area contributed by atoms with E-state index < -0.39 is 110 Å². The van der Waals surface area contributed by atoms with E-state index in [4.69, 9.17) is 26.2 Å². The van der Waals surface area contributed by atoms with Crippen molar-refractivity contribution in [1.82, 2.24) is 14.1 Å². The molecule has 0 unspecified atom stereocenters. The van der Waals surface area contributed by atoms with Gasteiger partial charge in [-0.25, -0.2) is 0 Å². The number of aromatic nitrogens is 3. The summed E-state index contributed by atoms with van der Waals surface area (Å²) in [5, 5.41) is 0. The molecule has 0 saturated heterocycles. The molecule has 0 aliphatic carbocycles. The van der Waals surface area contributed by atoms with Gasteiger partial charge in [0.15, 0.2) is 0 Å². The topological polar surface area (TPSA) is 38.5 Å². The number of para-hydroxylation sites is 4. The minimum atomic E-state index is -3.14. The van der Waals surface area contributed by atoms with Crippen LogP contribution in [0.1, 0.15) is 87.1 Å². The number of aryl methyl sites for hydroxylation is 1. The standard InChI is InChI=1S/C71H60BN5O.Pt/c1-47-23-12-13-28-54(47)57-39-40-67(77-65-36-21-20-35-64(65)76-61-32-17-15-30-56(61)55-29-14-16-31-60(55)72(76)77)73-69(57)78-66-44-53(38-37-48(66)2)74-46-75(63-34-19-18-33-62(63)74)68-58(50-24-10-9-11-25-50)41-49(45-70(3,4)5)42-59(68)51-26-22-27-52(43-51)71(6,7)8;/h9-35,37-43H,45H2,1-8H3;/q-2;/i1D3,2D3,9D,10D,11D,12D,13D,23D,24D,25D,28D,45D2;. The van der Waals surface area contributed by atoms with Crippen LogP contribution in [0.5, 0.6) is 11.6 Å². The van der Waals surface area contributed by atoms with Gasteiger partial charge in [-0.15, -0.1) is 6.07 Å². The molecule has 0 atom stereocenters. The van der Waals surface area contributed by atoms with Gasteiger partial charge in [0.1, 0.15) is 0 Å². The molecule has 2 aromatic heterocycles. The molecule has 0 saturated carbocycles. The third kappa shape index (κ3) is 8.89. The van der Waals surface area contributed by atoms with Crippen LogP contribution in [0.3, 0.4) is 0 Å². The van der Waals surface area contributed by atoms with Crippen LogP contribution in [0, 0.1) is 35.1 Å². The average Bonchev–Trinajstić information content (AvgIpc) is 1.49. The van der Waals surface area contributed by atoms with Gasteiger partial charge in [-0.1, -0.05) is 42.5 Å². The normalized spacial score (nSPS) is 16.5. The molecule has 13 rings (SSSR count). The number of hydrogen-bond donors (Lipinski definition) is 0. The molecule has 6 nitrogen and oxygen atoms in total. The number of fused-ring (bicyclic) bond motifs is 9. The molecule has 79 heavy (non-hydrogen) atoms. The number of benzene rings is 9. The van der Waals surface area contributed by atoms with Crippen LogP contribution in [-0.4, -0.2) is 21.1 Å². The average molecular weight is 1220 g/mol. The van der Waals surface area contributed by atoms with Crippen molar-refractivity contribution in [2.45, 2.75) is 67.0 Å². The first-order chi connectivity index (χ1) is 45.1. The number of anilines is 4. The molecule has 2 aliphatic rings. The van der Waals surface area contributed by atoms with E-state index in [-0.39, 0.29) is 44.7 Å². The van der Waals surface area contributed by atoms with Crippen molar-refractivity contribution in [3.63, 3.8) is 0 Å². The van der Waals surface area contributed by atoms with Crippen LogP contribution in [0.25, 0.3) is 66.9 Å². The Morgan fingerprint density at radius 1 is 0.620 bits per heavy atom. The SMILES string of the molecule is [2H]c1c([2H])c([2H])c(-c2cc(C([2H])([2H])C(C)(C)C)cc(-c3cccc(C(C)(C)C)c3)c2-n2[c](=[Pt])n(-c3[c-]c(Oc4nc(N5B6c7ccccc7-c7ccccc7N6c6ccc[c-]c65)ccc4-c4c([2H])c([2H])c([2H])c([2H])c4C([2H])([2H])[2H])c(C([2H])([2H])[2H])cc3)c3ccccc32)c([2H])c1[2H]. The molecule has 11 aromatic rings. The predicted molar refractivity (Wildman–Crippen MR) is 323 cm³/mol. The van der Waals surface area contributed by atoms with Crippen molar-refractivity contribution in [1.29, 1.82) is 0 Å². The van der Waals surface area contributed by atoms with E-state index in [1.165, 1.54) is 18.2 Å². The summed E-state index contributed by atoms with van der Waals surface area (Å²) in [6.07, 6.45) is -2.08. The molecule has 0 spiro atoms. The molecule has 0 radical (unpaired) electrons. The summed E-state index contributed by atoms with van der Waals surface area (Å²) in [6, 6.07) is 46.6. The Labute approximate surface area is 499 Å². The number of imidazole rings is 1. The Balaban J connectivity index is 1.09. The Morgan fingerprint density at radius 2 is 1.33 bits per heavy atom. The van der Waals surface area contributed by atoms with E-state index in [2.05, 4.69) is 57.1 Å². The molecular formula is C71H60BN5OPt-2. The second-order valence-corrected chi connectivity index (χ2v) is 22.6. The second kappa shape index (κ2) is 19.6. The molecule has 9 aromatic carbocycles. The zero-order chi connectivity index (χ0) is 68.9. The number of pyridine rings is 1. The fourth-order valence-corrected chi connectivity index (χ4v) is 11.9. The summed E-state index contributed by atoms with van der Waals surface area (Å²) in [4.78, 5) is 9.30. The van der Waals surface area contributed by atoms with Gasteiger partial charge in [-0.2, -0.15) is 12.1 Å². The number of nitrogens with zero attached hydrogens (tertiary/aromatic N) is 5. The van der Waals surface area contributed by atoms with Gasteiger partial charge in [-0.3, -0.25) is 0 Å². The molecule has 4 heterocycles. The van der Waals surface area contributed by atoms with Crippen molar-refractivity contribution in [3.8, 4) is 67.5 Å². The van der Waals surface area contributed by atoms with E-state index in [1.54, 1.807) is 61.7 Å². The molecule has 0 N–H and O–H groups in total. The van der Waals surface area contributed by atoms with E-state index in [0.29, 0.717) is 37.3 Å². The summed E-state index contributed by atoms with van der Waals surface area (Å²) >= 11 is 2.11. The van der Waals surface area contributed by atoms with E-state index in [9.17, 15) is 6.85 Å². The zero-order valence-electron chi connectivity index (χ0n) is 61.0. The molecule has 390 valence electrons. The van der Waals surface area contributed by atoms with Crippen molar-refractivity contribution in [2.24, 2.45) is 5.41 Å². The minimum absolute atomic E-state index is 0.113. The Morgan fingerprint density at radius 3 is 2.11 bits per heavy atom.